The van der Waals surface area contributed by atoms with Crippen molar-refractivity contribution in [1.82, 2.24) is 4.31 Å². The third-order valence-corrected chi connectivity index (χ3v) is 6.53. The summed E-state index contributed by atoms with van der Waals surface area (Å²) in [7, 11) is -2.29. The predicted octanol–water partition coefficient (Wildman–Crippen LogP) is 2.80. The van der Waals surface area contributed by atoms with Gasteiger partial charge in [0.25, 0.3) is 10.0 Å². The summed E-state index contributed by atoms with van der Waals surface area (Å²) in [6.07, 6.45) is 0. The molecule has 1 heterocycles. The highest BCUT2D eigenvalue weighted by atomic mass is 32.2. The van der Waals surface area contributed by atoms with Gasteiger partial charge in [-0.2, -0.15) is 4.31 Å². The van der Waals surface area contributed by atoms with Crippen LogP contribution in [0.3, 0.4) is 0 Å². The van der Waals surface area contributed by atoms with Gasteiger partial charge in [0.2, 0.25) is 5.91 Å². The zero-order valence-corrected chi connectivity index (χ0v) is 16.5. The van der Waals surface area contributed by atoms with Gasteiger partial charge in [-0.25, -0.2) is 8.42 Å². The van der Waals surface area contributed by atoms with Crippen molar-refractivity contribution >= 4 is 33.0 Å². The summed E-state index contributed by atoms with van der Waals surface area (Å²) in [5, 5.41) is 4.36. The van der Waals surface area contributed by atoms with E-state index in [2.05, 4.69) is 5.32 Å². The Bertz CT molecular complexity index is 835. The molecule has 0 saturated heterocycles. The van der Waals surface area contributed by atoms with Crippen molar-refractivity contribution in [2.24, 2.45) is 0 Å². The number of benzene rings is 1. The Morgan fingerprint density at radius 3 is 2.46 bits per heavy atom. The Labute approximate surface area is 157 Å². The second kappa shape index (κ2) is 9.02. The number of carbonyl (C=O) groups excluding carboxylic acids is 1. The van der Waals surface area contributed by atoms with E-state index in [-0.39, 0.29) is 10.8 Å². The van der Waals surface area contributed by atoms with Crippen molar-refractivity contribution < 1.29 is 22.7 Å². The molecular formula is C17H22N2O5S2. The molecule has 2 aromatic rings. The molecule has 1 amide bonds. The minimum absolute atomic E-state index is 0.201. The van der Waals surface area contributed by atoms with Gasteiger partial charge in [-0.1, -0.05) is 6.07 Å². The number of sulfonamides is 1. The molecule has 0 fully saturated rings. The van der Waals surface area contributed by atoms with Gasteiger partial charge in [0.1, 0.15) is 4.21 Å². The average molecular weight is 399 g/mol. The Kier molecular flexibility index (Phi) is 7.01. The van der Waals surface area contributed by atoms with E-state index < -0.39 is 15.9 Å². The summed E-state index contributed by atoms with van der Waals surface area (Å²) in [4.78, 5) is 12.2. The molecule has 1 N–H and O–H groups in total. The lowest BCUT2D eigenvalue weighted by Crippen LogP contribution is -2.34. The summed E-state index contributed by atoms with van der Waals surface area (Å²) in [6, 6.07) is 8.20. The number of anilines is 1. The van der Waals surface area contributed by atoms with Crippen molar-refractivity contribution in [1.29, 1.82) is 0 Å². The van der Waals surface area contributed by atoms with Crippen LogP contribution in [-0.2, 0) is 14.8 Å². The highest BCUT2D eigenvalue weighted by Crippen LogP contribution is 2.30. The lowest BCUT2D eigenvalue weighted by Gasteiger charge is -2.16. The molecule has 0 radical (unpaired) electrons. The minimum atomic E-state index is -3.67. The van der Waals surface area contributed by atoms with E-state index in [4.69, 9.17) is 9.47 Å². The fraction of sp³-hybridized carbons (Fsp3) is 0.353. The number of rotatable bonds is 9. The molecule has 0 aliphatic rings. The molecule has 0 aliphatic heterocycles. The molecule has 1 aromatic carbocycles. The van der Waals surface area contributed by atoms with E-state index in [0.717, 1.165) is 15.6 Å². The second-order valence-electron chi connectivity index (χ2n) is 5.27. The molecule has 0 spiro atoms. The number of hydrogen-bond acceptors (Lipinski definition) is 6. The van der Waals surface area contributed by atoms with Crippen molar-refractivity contribution in [3.8, 4) is 11.5 Å². The van der Waals surface area contributed by atoms with Crippen LogP contribution in [0.4, 0.5) is 5.69 Å². The number of ether oxygens (including phenoxy) is 2. The summed E-state index contributed by atoms with van der Waals surface area (Å²) in [6.45, 7) is 4.38. The maximum Gasteiger partial charge on any atom is 0.252 e. The first-order valence-corrected chi connectivity index (χ1v) is 10.4. The highest BCUT2D eigenvalue weighted by Gasteiger charge is 2.24. The maximum atomic E-state index is 12.4. The highest BCUT2D eigenvalue weighted by molar-refractivity contribution is 7.91. The number of hydrogen-bond donors (Lipinski definition) is 1. The van der Waals surface area contributed by atoms with E-state index >= 15 is 0 Å². The largest absolute Gasteiger partial charge is 0.490 e. The number of carbonyl (C=O) groups is 1. The van der Waals surface area contributed by atoms with Crippen LogP contribution < -0.4 is 14.8 Å². The van der Waals surface area contributed by atoms with Crippen LogP contribution in [-0.4, -0.2) is 45.4 Å². The first-order chi connectivity index (χ1) is 12.4. The molecule has 9 heteroatoms. The Hall–Kier alpha value is -2.10. The number of thiophene rings is 1. The van der Waals surface area contributed by atoms with Gasteiger partial charge in [0.05, 0.1) is 19.8 Å². The van der Waals surface area contributed by atoms with Gasteiger partial charge in [-0.05, 0) is 37.4 Å². The quantitative estimate of drug-likeness (QED) is 0.702. The lowest BCUT2D eigenvalue weighted by molar-refractivity contribution is -0.116. The van der Waals surface area contributed by atoms with Crippen LogP contribution in [0, 0.1) is 0 Å². The molecule has 0 saturated carbocycles. The molecular weight excluding hydrogens is 376 g/mol. The zero-order valence-electron chi connectivity index (χ0n) is 14.9. The molecule has 0 unspecified atom stereocenters. The van der Waals surface area contributed by atoms with Crippen LogP contribution in [0.25, 0.3) is 0 Å². The van der Waals surface area contributed by atoms with Crippen molar-refractivity contribution in [3.63, 3.8) is 0 Å². The standard InChI is InChI=1S/C17H22N2O5S2/c1-4-23-14-9-8-13(11-15(14)24-5-2)18-16(20)12-19(3)26(21,22)17-7-6-10-25-17/h6-11H,4-5,12H2,1-3H3,(H,18,20). The lowest BCUT2D eigenvalue weighted by atomic mass is 10.2. The maximum absolute atomic E-state index is 12.4. The number of likely N-dealkylation sites (N-methyl/N-ethyl adjacent to an activating group) is 1. The summed E-state index contributed by atoms with van der Waals surface area (Å²) >= 11 is 1.11. The van der Waals surface area contributed by atoms with Gasteiger partial charge >= 0.3 is 0 Å². The van der Waals surface area contributed by atoms with Gasteiger partial charge in [0.15, 0.2) is 11.5 Å². The second-order valence-corrected chi connectivity index (χ2v) is 8.49. The van der Waals surface area contributed by atoms with Gasteiger partial charge in [-0.15, -0.1) is 11.3 Å². The SMILES string of the molecule is CCOc1ccc(NC(=O)CN(C)S(=O)(=O)c2cccs2)cc1OCC. The Morgan fingerprint density at radius 1 is 1.15 bits per heavy atom. The van der Waals surface area contributed by atoms with E-state index in [1.165, 1.54) is 13.1 Å². The van der Waals surface area contributed by atoms with Gasteiger partial charge in [0, 0.05) is 18.8 Å². The fourth-order valence-electron chi connectivity index (χ4n) is 2.18. The molecule has 0 bridgehead atoms. The number of amides is 1. The van der Waals surface area contributed by atoms with Crippen LogP contribution in [0.15, 0.2) is 39.9 Å². The Balaban J connectivity index is 2.06. The van der Waals surface area contributed by atoms with Gasteiger partial charge in [-0.3, -0.25) is 4.79 Å². The van der Waals surface area contributed by atoms with Crippen molar-refractivity contribution in [2.45, 2.75) is 18.1 Å². The molecule has 7 nitrogen and oxygen atoms in total. The third-order valence-electron chi connectivity index (χ3n) is 3.35. The average Bonchev–Trinajstić information content (AvgIpc) is 3.13. The van der Waals surface area contributed by atoms with E-state index in [9.17, 15) is 13.2 Å². The first-order valence-electron chi connectivity index (χ1n) is 8.07. The molecule has 1 aromatic heterocycles. The number of nitrogens with zero attached hydrogens (tertiary/aromatic N) is 1. The summed E-state index contributed by atoms with van der Waals surface area (Å²) < 4.78 is 36.9. The first kappa shape index (κ1) is 20.2. The molecule has 26 heavy (non-hydrogen) atoms. The van der Waals surface area contributed by atoms with Crippen LogP contribution in [0.5, 0.6) is 11.5 Å². The van der Waals surface area contributed by atoms with E-state index in [1.807, 2.05) is 13.8 Å². The van der Waals surface area contributed by atoms with Crippen molar-refractivity contribution in [3.05, 3.63) is 35.7 Å². The van der Waals surface area contributed by atoms with E-state index in [1.54, 1.807) is 29.6 Å². The fourth-order valence-corrected chi connectivity index (χ4v) is 4.51. The molecule has 142 valence electrons. The third kappa shape index (κ3) is 4.96. The Morgan fingerprint density at radius 2 is 1.85 bits per heavy atom. The summed E-state index contributed by atoms with van der Waals surface area (Å²) in [5.74, 6) is 0.663. The van der Waals surface area contributed by atoms with Gasteiger partial charge < -0.3 is 14.8 Å². The smallest absolute Gasteiger partial charge is 0.252 e. The van der Waals surface area contributed by atoms with E-state index in [0.29, 0.717) is 30.4 Å². The number of nitrogens with one attached hydrogen (secondary N) is 1. The van der Waals surface area contributed by atoms with Crippen LogP contribution in [0.2, 0.25) is 0 Å². The van der Waals surface area contributed by atoms with Crippen molar-refractivity contribution in [2.75, 3.05) is 32.1 Å². The zero-order chi connectivity index (χ0) is 19.2. The molecule has 0 atom stereocenters. The topological polar surface area (TPSA) is 84.9 Å². The van der Waals surface area contributed by atoms with Crippen LogP contribution in [0.1, 0.15) is 13.8 Å². The molecule has 0 aliphatic carbocycles. The van der Waals surface area contributed by atoms with Crippen LogP contribution >= 0.6 is 11.3 Å². The molecule has 2 rings (SSSR count). The predicted molar refractivity (Wildman–Crippen MR) is 102 cm³/mol. The normalized spacial score (nSPS) is 11.4. The monoisotopic (exact) mass is 398 g/mol. The summed E-state index contributed by atoms with van der Waals surface area (Å²) in [5.41, 5.74) is 0.504. The minimum Gasteiger partial charge on any atom is -0.490 e.